The van der Waals surface area contributed by atoms with Crippen molar-refractivity contribution < 1.29 is 4.74 Å². The Balaban J connectivity index is 2.02. The topological polar surface area (TPSA) is 21.3 Å². The fraction of sp³-hybridized carbons (Fsp3) is 0.667. The lowest BCUT2D eigenvalue weighted by Crippen LogP contribution is -2.47. The lowest BCUT2D eigenvalue weighted by Gasteiger charge is -2.36. The minimum Gasteiger partial charge on any atom is -0.489 e. The molecular weight excluding hydrogens is 246 g/mol. The fourth-order valence-corrected chi connectivity index (χ4v) is 3.37. The zero-order chi connectivity index (χ0) is 14.4. The number of aryl methyl sites for hydroxylation is 1. The molecule has 1 saturated carbocycles. The van der Waals surface area contributed by atoms with E-state index >= 15 is 0 Å². The van der Waals surface area contributed by atoms with E-state index in [4.69, 9.17) is 4.74 Å². The minimum absolute atomic E-state index is 0.321. The third-order valence-electron chi connectivity index (χ3n) is 4.34. The van der Waals surface area contributed by atoms with Crippen molar-refractivity contribution in [1.82, 2.24) is 5.32 Å². The van der Waals surface area contributed by atoms with Gasteiger partial charge in [0.1, 0.15) is 11.9 Å². The van der Waals surface area contributed by atoms with Crippen molar-refractivity contribution in [2.24, 2.45) is 5.92 Å². The van der Waals surface area contributed by atoms with Crippen LogP contribution >= 0.6 is 0 Å². The average molecular weight is 275 g/mol. The quantitative estimate of drug-likeness (QED) is 0.834. The second-order valence-electron chi connectivity index (χ2n) is 6.10. The maximum Gasteiger partial charge on any atom is 0.120 e. The van der Waals surface area contributed by atoms with Crippen LogP contribution in [0.2, 0.25) is 0 Å². The first kappa shape index (κ1) is 15.4. The zero-order valence-corrected chi connectivity index (χ0v) is 13.2. The van der Waals surface area contributed by atoms with E-state index in [9.17, 15) is 0 Å². The number of rotatable bonds is 6. The van der Waals surface area contributed by atoms with Crippen molar-refractivity contribution in [2.75, 3.05) is 6.54 Å². The highest BCUT2D eigenvalue weighted by atomic mass is 16.5. The molecule has 0 spiro atoms. The van der Waals surface area contributed by atoms with E-state index in [-0.39, 0.29) is 0 Å². The van der Waals surface area contributed by atoms with E-state index in [0.29, 0.717) is 12.1 Å². The summed E-state index contributed by atoms with van der Waals surface area (Å²) in [5, 5.41) is 3.61. The molecule has 112 valence electrons. The molecule has 0 saturated heterocycles. The van der Waals surface area contributed by atoms with Crippen LogP contribution < -0.4 is 10.1 Å². The summed E-state index contributed by atoms with van der Waals surface area (Å²) < 4.78 is 6.32. The molecule has 2 heteroatoms. The molecule has 2 rings (SSSR count). The predicted octanol–water partition coefficient (Wildman–Crippen LogP) is 4.32. The highest BCUT2D eigenvalue weighted by Crippen LogP contribution is 2.31. The number of hydrogen-bond acceptors (Lipinski definition) is 2. The van der Waals surface area contributed by atoms with Gasteiger partial charge >= 0.3 is 0 Å². The van der Waals surface area contributed by atoms with Gasteiger partial charge in [0.2, 0.25) is 0 Å². The minimum atomic E-state index is 0.321. The molecule has 3 unspecified atom stereocenters. The van der Waals surface area contributed by atoms with Crippen LogP contribution in [0.3, 0.4) is 0 Å². The normalized spacial score (nSPS) is 26.4. The zero-order valence-electron chi connectivity index (χ0n) is 13.2. The van der Waals surface area contributed by atoms with Crippen LogP contribution in [0.1, 0.15) is 51.5 Å². The van der Waals surface area contributed by atoms with Crippen molar-refractivity contribution in [1.29, 1.82) is 0 Å². The molecule has 0 bridgehead atoms. The van der Waals surface area contributed by atoms with E-state index in [2.05, 4.69) is 50.4 Å². The molecule has 0 radical (unpaired) electrons. The van der Waals surface area contributed by atoms with E-state index < -0.39 is 0 Å². The van der Waals surface area contributed by atoms with Gasteiger partial charge in [0.15, 0.2) is 0 Å². The first-order valence-corrected chi connectivity index (χ1v) is 8.19. The molecule has 0 aromatic heterocycles. The smallest absolute Gasteiger partial charge is 0.120 e. The third-order valence-corrected chi connectivity index (χ3v) is 4.34. The van der Waals surface area contributed by atoms with E-state index in [0.717, 1.165) is 18.2 Å². The Morgan fingerprint density at radius 1 is 1.25 bits per heavy atom. The van der Waals surface area contributed by atoms with Gasteiger partial charge in [0, 0.05) is 6.04 Å². The van der Waals surface area contributed by atoms with Crippen molar-refractivity contribution in [3.8, 4) is 5.75 Å². The molecular formula is C18H29NO. The average Bonchev–Trinajstić information content (AvgIpc) is 2.42. The Bertz CT molecular complexity index is 404. The van der Waals surface area contributed by atoms with E-state index in [1.165, 1.54) is 37.7 Å². The number of ether oxygens (including phenoxy) is 1. The van der Waals surface area contributed by atoms with Crippen molar-refractivity contribution in [3.63, 3.8) is 0 Å². The van der Waals surface area contributed by atoms with Gasteiger partial charge in [-0.25, -0.2) is 0 Å². The summed E-state index contributed by atoms with van der Waals surface area (Å²) in [7, 11) is 0. The van der Waals surface area contributed by atoms with Gasteiger partial charge in [0.05, 0.1) is 0 Å². The number of likely N-dealkylation sites (N-methyl/N-ethyl adjacent to an activating group) is 1. The van der Waals surface area contributed by atoms with Gasteiger partial charge in [-0.3, -0.25) is 0 Å². The summed E-state index contributed by atoms with van der Waals surface area (Å²) >= 11 is 0. The van der Waals surface area contributed by atoms with Gasteiger partial charge in [-0.2, -0.15) is 0 Å². The van der Waals surface area contributed by atoms with Crippen LogP contribution in [0.4, 0.5) is 0 Å². The Morgan fingerprint density at radius 3 is 2.80 bits per heavy atom. The van der Waals surface area contributed by atoms with Crippen LogP contribution in [0, 0.1) is 12.8 Å². The van der Waals surface area contributed by atoms with Crippen molar-refractivity contribution in [2.45, 2.75) is 65.0 Å². The molecule has 1 N–H and O–H groups in total. The standard InChI is InChI=1S/C18H29NO/c1-4-7-15-10-11-17(19-5-2)18(13-15)20-16-9-6-8-14(3)12-16/h6,8-9,12,15,17-19H,4-5,7,10-11,13H2,1-3H3. The van der Waals surface area contributed by atoms with Crippen molar-refractivity contribution in [3.05, 3.63) is 29.8 Å². The Kier molecular flexibility index (Phi) is 5.90. The lowest BCUT2D eigenvalue weighted by atomic mass is 9.81. The molecule has 1 aliphatic rings. The molecule has 1 fully saturated rings. The second-order valence-corrected chi connectivity index (χ2v) is 6.10. The van der Waals surface area contributed by atoms with Crippen molar-refractivity contribution >= 4 is 0 Å². The molecule has 3 atom stereocenters. The van der Waals surface area contributed by atoms with Gasteiger partial charge in [-0.05, 0) is 56.3 Å². The Hall–Kier alpha value is -1.02. The second kappa shape index (κ2) is 7.68. The van der Waals surface area contributed by atoms with Gasteiger partial charge in [0.25, 0.3) is 0 Å². The fourth-order valence-electron chi connectivity index (χ4n) is 3.37. The maximum atomic E-state index is 6.32. The third kappa shape index (κ3) is 4.24. The number of hydrogen-bond donors (Lipinski definition) is 1. The lowest BCUT2D eigenvalue weighted by molar-refractivity contribution is 0.0839. The summed E-state index contributed by atoms with van der Waals surface area (Å²) in [6.45, 7) is 7.61. The van der Waals surface area contributed by atoms with E-state index in [1.807, 2.05) is 0 Å². The summed E-state index contributed by atoms with van der Waals surface area (Å²) in [6.07, 6.45) is 6.73. The molecule has 1 aromatic rings. The first-order chi connectivity index (χ1) is 9.72. The van der Waals surface area contributed by atoms with Gasteiger partial charge in [-0.1, -0.05) is 38.8 Å². The summed E-state index contributed by atoms with van der Waals surface area (Å²) in [5.41, 5.74) is 1.27. The SMILES string of the molecule is CCCC1CCC(NCC)C(Oc2cccc(C)c2)C1. The molecule has 0 aliphatic heterocycles. The van der Waals surface area contributed by atoms with Gasteiger partial charge < -0.3 is 10.1 Å². The summed E-state index contributed by atoms with van der Waals surface area (Å²) in [6, 6.07) is 8.94. The van der Waals surface area contributed by atoms with E-state index in [1.54, 1.807) is 0 Å². The van der Waals surface area contributed by atoms with Crippen LogP contribution in [-0.2, 0) is 0 Å². The van der Waals surface area contributed by atoms with Crippen LogP contribution in [0.5, 0.6) is 5.75 Å². The summed E-state index contributed by atoms with van der Waals surface area (Å²) in [5.74, 6) is 1.86. The van der Waals surface area contributed by atoms with Gasteiger partial charge in [-0.15, -0.1) is 0 Å². The highest BCUT2D eigenvalue weighted by Gasteiger charge is 2.31. The first-order valence-electron chi connectivity index (χ1n) is 8.19. The Morgan fingerprint density at radius 2 is 2.10 bits per heavy atom. The monoisotopic (exact) mass is 275 g/mol. The molecule has 1 aliphatic carbocycles. The number of benzene rings is 1. The Labute approximate surface area is 123 Å². The number of nitrogens with one attached hydrogen (secondary N) is 1. The molecule has 2 nitrogen and oxygen atoms in total. The predicted molar refractivity (Wildman–Crippen MR) is 85.3 cm³/mol. The van der Waals surface area contributed by atoms with Crippen LogP contribution in [0.15, 0.2) is 24.3 Å². The maximum absolute atomic E-state index is 6.32. The summed E-state index contributed by atoms with van der Waals surface area (Å²) in [4.78, 5) is 0. The van der Waals surface area contributed by atoms with Crippen LogP contribution in [0.25, 0.3) is 0 Å². The molecule has 20 heavy (non-hydrogen) atoms. The molecule has 1 aromatic carbocycles. The molecule has 0 heterocycles. The molecule has 0 amide bonds. The largest absolute Gasteiger partial charge is 0.489 e. The highest BCUT2D eigenvalue weighted by molar-refractivity contribution is 5.27. The van der Waals surface area contributed by atoms with Crippen LogP contribution in [-0.4, -0.2) is 18.7 Å².